The zero-order chi connectivity index (χ0) is 15.8. The van der Waals surface area contributed by atoms with Gasteiger partial charge in [0.1, 0.15) is 6.61 Å². The number of carbonyl (C=O) groups is 1. The third-order valence-electron chi connectivity index (χ3n) is 2.79. The second-order valence-electron chi connectivity index (χ2n) is 4.42. The number of aliphatic carboxylic acids is 1. The maximum absolute atomic E-state index is 10.6. The molecule has 2 rings (SSSR count). The monoisotopic (exact) mass is 299 g/mol. The fourth-order valence-corrected chi connectivity index (χ4v) is 1.82. The summed E-state index contributed by atoms with van der Waals surface area (Å²) >= 11 is 0. The number of ether oxygens (including phenoxy) is 2. The summed E-state index contributed by atoms with van der Waals surface area (Å²) in [4.78, 5) is 14.8. The number of rotatable bonds is 7. The molecule has 0 unspecified atom stereocenters. The van der Waals surface area contributed by atoms with Gasteiger partial charge >= 0.3 is 5.97 Å². The van der Waals surface area contributed by atoms with Gasteiger partial charge in [0.05, 0.1) is 12.3 Å². The number of hydrogen-bond donors (Lipinski definition) is 1. The normalized spacial score (nSPS) is 10.6. The Morgan fingerprint density at radius 2 is 2.09 bits per heavy atom. The fraction of sp³-hybridized carbons (Fsp3) is 0.176. The Labute approximate surface area is 128 Å². The molecule has 0 spiro atoms. The standard InChI is InChI=1S/C17H17NO4/c1-2-21-16-11-13(7-9-17(19)20)6-8-15(16)22-12-14-5-3-4-10-18-14/h3-11H,2,12H2,1H3,(H,19,20)/b9-7+. The second-order valence-corrected chi connectivity index (χ2v) is 4.42. The minimum atomic E-state index is -0.992. The molecule has 1 aromatic carbocycles. The molecule has 1 heterocycles. The first-order valence-electron chi connectivity index (χ1n) is 6.89. The topological polar surface area (TPSA) is 68.7 Å². The maximum Gasteiger partial charge on any atom is 0.328 e. The van der Waals surface area contributed by atoms with E-state index in [1.165, 1.54) is 6.08 Å². The van der Waals surface area contributed by atoms with Crippen molar-refractivity contribution < 1.29 is 19.4 Å². The minimum Gasteiger partial charge on any atom is -0.490 e. The molecule has 0 saturated carbocycles. The van der Waals surface area contributed by atoms with E-state index in [4.69, 9.17) is 14.6 Å². The van der Waals surface area contributed by atoms with E-state index >= 15 is 0 Å². The summed E-state index contributed by atoms with van der Waals surface area (Å²) in [7, 11) is 0. The van der Waals surface area contributed by atoms with Crippen molar-refractivity contribution in [3.63, 3.8) is 0 Å². The van der Waals surface area contributed by atoms with E-state index in [-0.39, 0.29) is 0 Å². The average molecular weight is 299 g/mol. The van der Waals surface area contributed by atoms with Gasteiger partial charge in [0.15, 0.2) is 11.5 Å². The Morgan fingerprint density at radius 1 is 1.23 bits per heavy atom. The molecular weight excluding hydrogens is 282 g/mol. The first-order chi connectivity index (χ1) is 10.7. The molecular formula is C17H17NO4. The van der Waals surface area contributed by atoms with Crippen molar-refractivity contribution in [2.45, 2.75) is 13.5 Å². The van der Waals surface area contributed by atoms with Gasteiger partial charge in [0, 0.05) is 12.3 Å². The Bertz CT molecular complexity index is 653. The molecule has 5 heteroatoms. The number of aromatic nitrogens is 1. The van der Waals surface area contributed by atoms with E-state index in [1.807, 2.05) is 25.1 Å². The smallest absolute Gasteiger partial charge is 0.328 e. The number of benzene rings is 1. The highest BCUT2D eigenvalue weighted by molar-refractivity contribution is 5.85. The molecule has 22 heavy (non-hydrogen) atoms. The first kappa shape index (κ1) is 15.6. The predicted molar refractivity (Wildman–Crippen MR) is 82.8 cm³/mol. The second kappa shape index (κ2) is 7.83. The van der Waals surface area contributed by atoms with E-state index in [9.17, 15) is 4.79 Å². The highest BCUT2D eigenvalue weighted by Gasteiger charge is 2.06. The summed E-state index contributed by atoms with van der Waals surface area (Å²) in [6.45, 7) is 2.71. The van der Waals surface area contributed by atoms with Gasteiger partial charge < -0.3 is 14.6 Å². The minimum absolute atomic E-state index is 0.339. The summed E-state index contributed by atoms with van der Waals surface area (Å²) in [6.07, 6.45) is 4.30. The van der Waals surface area contributed by atoms with Crippen molar-refractivity contribution in [3.8, 4) is 11.5 Å². The lowest BCUT2D eigenvalue weighted by Crippen LogP contribution is -2.01. The van der Waals surface area contributed by atoms with Gasteiger partial charge in [0.25, 0.3) is 0 Å². The van der Waals surface area contributed by atoms with Crippen LogP contribution < -0.4 is 9.47 Å². The van der Waals surface area contributed by atoms with Crippen LogP contribution in [0, 0.1) is 0 Å². The molecule has 2 aromatic rings. The Kier molecular flexibility index (Phi) is 5.54. The molecule has 0 aliphatic carbocycles. The van der Waals surface area contributed by atoms with E-state index in [0.717, 1.165) is 17.3 Å². The fourth-order valence-electron chi connectivity index (χ4n) is 1.82. The molecule has 1 N–H and O–H groups in total. The van der Waals surface area contributed by atoms with Crippen LogP contribution in [0.4, 0.5) is 0 Å². The molecule has 0 atom stereocenters. The van der Waals surface area contributed by atoms with Crippen LogP contribution in [0.2, 0.25) is 0 Å². The first-order valence-corrected chi connectivity index (χ1v) is 6.89. The highest BCUT2D eigenvalue weighted by atomic mass is 16.5. The summed E-state index contributed by atoms with van der Waals surface area (Å²) in [6, 6.07) is 10.9. The third kappa shape index (κ3) is 4.63. The van der Waals surface area contributed by atoms with Gasteiger partial charge in [-0.15, -0.1) is 0 Å². The van der Waals surface area contributed by atoms with E-state index in [0.29, 0.717) is 24.7 Å². The lowest BCUT2D eigenvalue weighted by molar-refractivity contribution is -0.131. The van der Waals surface area contributed by atoms with Gasteiger partial charge in [-0.05, 0) is 42.8 Å². The summed E-state index contributed by atoms with van der Waals surface area (Å²) in [5.41, 5.74) is 1.55. The Hall–Kier alpha value is -2.82. The Morgan fingerprint density at radius 3 is 2.77 bits per heavy atom. The highest BCUT2D eigenvalue weighted by Crippen LogP contribution is 2.29. The molecule has 114 valence electrons. The van der Waals surface area contributed by atoms with Gasteiger partial charge in [-0.1, -0.05) is 12.1 Å². The van der Waals surface area contributed by atoms with Gasteiger partial charge in [0.2, 0.25) is 0 Å². The van der Waals surface area contributed by atoms with Crippen LogP contribution in [0.1, 0.15) is 18.2 Å². The van der Waals surface area contributed by atoms with E-state index < -0.39 is 5.97 Å². The molecule has 5 nitrogen and oxygen atoms in total. The lowest BCUT2D eigenvalue weighted by Gasteiger charge is -2.12. The summed E-state index contributed by atoms with van der Waals surface area (Å²) < 4.78 is 11.3. The summed E-state index contributed by atoms with van der Waals surface area (Å²) in [5, 5.41) is 8.66. The van der Waals surface area contributed by atoms with E-state index in [1.54, 1.807) is 24.4 Å². The SMILES string of the molecule is CCOc1cc(/C=C/C(=O)O)ccc1OCc1ccccn1. The van der Waals surface area contributed by atoms with Gasteiger partial charge in [-0.25, -0.2) is 4.79 Å². The quantitative estimate of drug-likeness (QED) is 0.795. The Balaban J connectivity index is 2.14. The zero-order valence-electron chi connectivity index (χ0n) is 12.2. The molecule has 0 aliphatic rings. The van der Waals surface area contributed by atoms with Crippen LogP contribution in [0.15, 0.2) is 48.7 Å². The van der Waals surface area contributed by atoms with Crippen molar-refractivity contribution >= 4 is 12.0 Å². The van der Waals surface area contributed by atoms with Crippen LogP contribution >= 0.6 is 0 Å². The maximum atomic E-state index is 10.6. The number of carboxylic acids is 1. The van der Waals surface area contributed by atoms with Crippen LogP contribution in [0.3, 0.4) is 0 Å². The molecule has 0 fully saturated rings. The van der Waals surface area contributed by atoms with E-state index in [2.05, 4.69) is 4.98 Å². The number of hydrogen-bond acceptors (Lipinski definition) is 4. The molecule has 0 saturated heterocycles. The van der Waals surface area contributed by atoms with Crippen LogP contribution in [0.5, 0.6) is 11.5 Å². The number of carboxylic acid groups (broad SMARTS) is 1. The molecule has 1 aromatic heterocycles. The largest absolute Gasteiger partial charge is 0.490 e. The molecule has 0 radical (unpaired) electrons. The van der Waals surface area contributed by atoms with Crippen LogP contribution in [0.25, 0.3) is 6.08 Å². The van der Waals surface area contributed by atoms with Crippen LogP contribution in [-0.2, 0) is 11.4 Å². The van der Waals surface area contributed by atoms with Crippen molar-refractivity contribution in [2.24, 2.45) is 0 Å². The van der Waals surface area contributed by atoms with Gasteiger partial charge in [-0.2, -0.15) is 0 Å². The number of pyridine rings is 1. The lowest BCUT2D eigenvalue weighted by atomic mass is 10.2. The average Bonchev–Trinajstić information content (AvgIpc) is 2.53. The van der Waals surface area contributed by atoms with Gasteiger partial charge in [-0.3, -0.25) is 4.98 Å². The third-order valence-corrected chi connectivity index (χ3v) is 2.79. The van der Waals surface area contributed by atoms with Crippen molar-refractivity contribution in [1.29, 1.82) is 0 Å². The zero-order valence-corrected chi connectivity index (χ0v) is 12.2. The molecule has 0 aliphatic heterocycles. The predicted octanol–water partition coefficient (Wildman–Crippen LogP) is 3.16. The molecule has 0 bridgehead atoms. The summed E-state index contributed by atoms with van der Waals surface area (Å²) in [5.74, 6) is 0.180. The number of nitrogens with zero attached hydrogens (tertiary/aromatic N) is 1. The van der Waals surface area contributed by atoms with Crippen LogP contribution in [-0.4, -0.2) is 22.7 Å². The molecule has 0 amide bonds. The van der Waals surface area contributed by atoms with Crippen molar-refractivity contribution in [2.75, 3.05) is 6.61 Å². The van der Waals surface area contributed by atoms with Crippen molar-refractivity contribution in [1.82, 2.24) is 4.98 Å². The van der Waals surface area contributed by atoms with Crippen molar-refractivity contribution in [3.05, 3.63) is 59.9 Å².